The normalized spacial score (nSPS) is 13.5. The Labute approximate surface area is 791 Å². The minimum atomic E-state index is -4.07. The zero-order valence-corrected chi connectivity index (χ0v) is 77.8. The summed E-state index contributed by atoms with van der Waals surface area (Å²) in [6, 6.07) is 153. The molecule has 2 aliphatic heterocycles. The molecule has 0 N–H and O–H groups in total. The first-order valence-electron chi connectivity index (χ1n) is 50.0. The van der Waals surface area contributed by atoms with E-state index < -0.39 is 59.1 Å². The standard InChI is InChI=1S/C126H104BN3Si2/c1-124(2,3)98-69-72-116(111(83-98)91-51-27-14-28-52-91)130-117-84-101(128-114-67-39-37-65-109(114)110-66-38-40-68-115(110)128)70-71-112(117)127-113-85-121(131(103-55-29-15-30-56-103,104-57-31-16-32-58-104)107-63-41-53-92(78-107)87-43-19-10-20-44-87)122(132(105-59-33-17-34-60-105,106-61-35-18-36-62-106)108-64-42-54-93(79-108)88-45-21-11-22-46-88)86-118(113)129(102-76-94(89-47-23-12-24-48-89)73-95(77-102)90-49-25-13-26-50-90)119-80-97(81-120(130)123(119)127)96-74-99(125(4,5)6)82-100(75-96)126(7,8)9/h10-86H,1-9H3/i37D,38D,39D,40D,65D,66D,67D,68D. The van der Waals surface area contributed by atoms with Crippen LogP contribution in [0.3, 0.4) is 0 Å². The molecule has 1 aromatic heterocycles. The molecule has 0 bridgehead atoms. The predicted molar refractivity (Wildman–Crippen MR) is 571 cm³/mol. The van der Waals surface area contributed by atoms with Gasteiger partial charge in [-0.1, -0.05) is 456 Å². The fourth-order valence-corrected chi connectivity index (χ4v) is 31.9. The minimum Gasteiger partial charge on any atom is -0.311 e. The third-order valence-electron chi connectivity index (χ3n) is 27.5. The van der Waals surface area contributed by atoms with Crippen molar-refractivity contribution in [1.82, 2.24) is 4.57 Å². The fraction of sp³-hybridized carbons (Fsp3) is 0.0952. The summed E-state index contributed by atoms with van der Waals surface area (Å²) in [7, 11) is -8.12. The molecule has 0 atom stereocenters. The van der Waals surface area contributed by atoms with Crippen LogP contribution in [-0.4, -0.2) is 27.4 Å². The fourth-order valence-electron chi connectivity index (χ4n) is 21.0. The first-order chi connectivity index (χ1) is 67.7. The highest BCUT2D eigenvalue weighted by molar-refractivity contribution is 7.27. The van der Waals surface area contributed by atoms with E-state index in [0.717, 1.165) is 123 Å². The first-order valence-corrected chi connectivity index (χ1v) is 50.0. The lowest BCUT2D eigenvalue weighted by Gasteiger charge is -2.47. The van der Waals surface area contributed by atoms with Crippen molar-refractivity contribution in [3.05, 3.63) is 484 Å². The highest BCUT2D eigenvalue weighted by Gasteiger charge is 2.54. The number of nitrogens with zero attached hydrogens (tertiary/aromatic N) is 3. The van der Waals surface area contributed by atoms with Crippen LogP contribution in [0.15, 0.2) is 467 Å². The van der Waals surface area contributed by atoms with Gasteiger partial charge in [-0.3, -0.25) is 0 Å². The van der Waals surface area contributed by atoms with Crippen LogP contribution in [-0.2, 0) is 16.2 Å². The Morgan fingerprint density at radius 3 is 1.04 bits per heavy atom. The highest BCUT2D eigenvalue weighted by atomic mass is 28.3. The lowest BCUT2D eigenvalue weighted by Crippen LogP contribution is -2.85. The molecule has 0 radical (unpaired) electrons. The van der Waals surface area contributed by atoms with Crippen LogP contribution in [0.1, 0.15) is 90.0 Å². The molecule has 3 heterocycles. The summed E-state index contributed by atoms with van der Waals surface area (Å²) in [5.41, 5.74) is 23.7. The lowest BCUT2D eigenvalue weighted by atomic mass is 9.33. The summed E-state index contributed by atoms with van der Waals surface area (Å²) in [6.45, 7) is 20.0. The molecule has 0 aliphatic carbocycles. The van der Waals surface area contributed by atoms with Crippen LogP contribution < -0.4 is 67.7 Å². The van der Waals surface area contributed by atoms with Gasteiger partial charge >= 0.3 is 0 Å². The van der Waals surface area contributed by atoms with Crippen molar-refractivity contribution in [2.75, 3.05) is 9.80 Å². The van der Waals surface area contributed by atoms with E-state index in [-0.39, 0.29) is 50.1 Å². The van der Waals surface area contributed by atoms with Crippen LogP contribution in [0, 0.1) is 0 Å². The molecule has 22 rings (SSSR count). The van der Waals surface area contributed by atoms with Gasteiger partial charge in [0.05, 0.1) is 27.7 Å². The zero-order chi connectivity index (χ0) is 96.6. The monoisotopic (exact) mass is 1730 g/mol. The van der Waals surface area contributed by atoms with Gasteiger partial charge in [0.2, 0.25) is 0 Å². The Morgan fingerprint density at radius 2 is 0.598 bits per heavy atom. The zero-order valence-electron chi connectivity index (χ0n) is 83.8. The molecule has 0 saturated heterocycles. The second kappa shape index (κ2) is 33.2. The highest BCUT2D eigenvalue weighted by Crippen LogP contribution is 2.52. The van der Waals surface area contributed by atoms with Gasteiger partial charge in [-0.05, 0) is 225 Å². The van der Waals surface area contributed by atoms with Gasteiger partial charge in [-0.2, -0.15) is 0 Å². The van der Waals surface area contributed by atoms with E-state index in [2.05, 4.69) is 485 Å². The minimum absolute atomic E-state index is 0.00366. The molecule has 0 fully saturated rings. The average molecular weight is 1740 g/mol. The summed E-state index contributed by atoms with van der Waals surface area (Å²) in [6.07, 6.45) is 0. The SMILES string of the molecule is [2H]c1c([2H])c([2H])c2c(c1[2H])c1c([2H])c([2H])c([2H])c([2H])c1n2-c1ccc2c(c1)N(c1ccc(C(C)(C)C)cc1-c1ccccc1)c1cc(-c3cc(C(C)(C)C)cc(C(C)(C)C)c3)cc3c1B2c1cc([Si](c2ccccc2)(c2ccccc2)c2cccc(-c4ccccc4)c2)c([Si](c2ccccc2)(c2ccccc2)c2cccc(-c4ccccc4)c2)cc1N3c1cc(-c2ccccc2)cc(-c2ccccc2)c1. The van der Waals surface area contributed by atoms with Crippen molar-refractivity contribution in [3.8, 4) is 72.4 Å². The summed E-state index contributed by atoms with van der Waals surface area (Å²) in [5, 5.41) is 9.50. The van der Waals surface area contributed by atoms with Crippen LogP contribution in [0.2, 0.25) is 0 Å². The number of para-hydroxylation sites is 2. The Hall–Kier alpha value is -14.9. The van der Waals surface area contributed by atoms with E-state index in [9.17, 15) is 11.0 Å². The van der Waals surface area contributed by atoms with Gasteiger partial charge in [0.15, 0.2) is 16.1 Å². The maximum Gasteiger partial charge on any atom is 0.252 e. The van der Waals surface area contributed by atoms with Crippen LogP contribution in [0.25, 0.3) is 94.3 Å². The Bertz CT molecular complexity index is 8010. The van der Waals surface area contributed by atoms with Gasteiger partial charge in [0, 0.05) is 50.5 Å². The summed E-state index contributed by atoms with van der Waals surface area (Å²) in [4.78, 5) is 5.14. The Kier molecular flexibility index (Phi) is 18.6. The molecular weight excluding hydrogens is 1620 g/mol. The van der Waals surface area contributed by atoms with E-state index in [1.807, 2.05) is 6.07 Å². The smallest absolute Gasteiger partial charge is 0.252 e. The van der Waals surface area contributed by atoms with Crippen molar-refractivity contribution in [2.24, 2.45) is 0 Å². The van der Waals surface area contributed by atoms with E-state index in [1.54, 1.807) is 4.57 Å². The Morgan fingerprint density at radius 1 is 0.235 bits per heavy atom. The van der Waals surface area contributed by atoms with Gasteiger partial charge in [0.1, 0.15) is 0 Å². The molecule has 2 aliphatic rings. The van der Waals surface area contributed by atoms with E-state index >= 15 is 0 Å². The third-order valence-corrected chi connectivity index (χ3v) is 37.3. The molecule has 3 nitrogen and oxygen atoms in total. The van der Waals surface area contributed by atoms with E-state index in [0.29, 0.717) is 5.69 Å². The summed E-state index contributed by atoms with van der Waals surface area (Å²) >= 11 is 0. The van der Waals surface area contributed by atoms with Crippen molar-refractivity contribution >= 4 is 137 Å². The number of anilines is 6. The molecule has 0 saturated carbocycles. The van der Waals surface area contributed by atoms with Gasteiger partial charge < -0.3 is 14.4 Å². The number of fused-ring (bicyclic) bond motifs is 7. The topological polar surface area (TPSA) is 11.4 Å². The quantitative estimate of drug-likeness (QED) is 0.0665. The van der Waals surface area contributed by atoms with Crippen LogP contribution in [0.4, 0.5) is 34.1 Å². The number of hydrogen-bond donors (Lipinski definition) is 0. The Balaban J connectivity index is 1.01. The number of benzene rings is 19. The van der Waals surface area contributed by atoms with Crippen LogP contribution >= 0.6 is 0 Å². The molecule has 0 amide bonds. The van der Waals surface area contributed by atoms with E-state index in [1.165, 1.54) is 52.6 Å². The molecule has 19 aromatic carbocycles. The van der Waals surface area contributed by atoms with E-state index in [4.69, 9.17) is 0 Å². The summed E-state index contributed by atoms with van der Waals surface area (Å²) in [5.74, 6) is 0. The molecule has 132 heavy (non-hydrogen) atoms. The second-order valence-electron chi connectivity index (χ2n) is 38.5. The molecule has 0 spiro atoms. The second-order valence-corrected chi connectivity index (χ2v) is 46.1. The van der Waals surface area contributed by atoms with Crippen molar-refractivity contribution in [2.45, 2.75) is 78.6 Å². The van der Waals surface area contributed by atoms with Crippen molar-refractivity contribution < 1.29 is 11.0 Å². The van der Waals surface area contributed by atoms with Crippen molar-refractivity contribution in [3.63, 3.8) is 0 Å². The molecule has 20 aromatic rings. The maximum atomic E-state index is 10.2. The molecule has 634 valence electrons. The molecule has 6 heteroatoms. The third kappa shape index (κ3) is 14.3. The first kappa shape index (κ1) is 73.9. The van der Waals surface area contributed by atoms with Crippen molar-refractivity contribution in [1.29, 1.82) is 0 Å². The predicted octanol–water partition coefficient (Wildman–Crippen LogP) is 25.5. The number of rotatable bonds is 17. The average Bonchev–Trinajstić information content (AvgIpc) is 0.770. The lowest BCUT2D eigenvalue weighted by molar-refractivity contribution is 0.569. The number of hydrogen-bond acceptors (Lipinski definition) is 2. The van der Waals surface area contributed by atoms with Gasteiger partial charge in [0.25, 0.3) is 6.71 Å². The maximum absolute atomic E-state index is 10.2. The molecular formula is C126H104BN3Si2. The van der Waals surface area contributed by atoms with Gasteiger partial charge in [-0.25, -0.2) is 0 Å². The number of aromatic nitrogens is 1. The van der Waals surface area contributed by atoms with Gasteiger partial charge in [-0.15, -0.1) is 0 Å². The molecule has 0 unspecified atom stereocenters. The van der Waals surface area contributed by atoms with Crippen LogP contribution in [0.5, 0.6) is 0 Å². The largest absolute Gasteiger partial charge is 0.311 e. The summed E-state index contributed by atoms with van der Waals surface area (Å²) < 4.78 is 79.8.